The van der Waals surface area contributed by atoms with Crippen molar-refractivity contribution in [1.82, 2.24) is 0 Å². The number of nitrogens with two attached hydrogens (primary N) is 2. The summed E-state index contributed by atoms with van der Waals surface area (Å²) in [4.78, 5) is 0. The van der Waals surface area contributed by atoms with Gasteiger partial charge in [0.2, 0.25) is 0 Å². The normalized spacial score (nSPS) is 13.4. The van der Waals surface area contributed by atoms with Crippen LogP contribution in [0.3, 0.4) is 0 Å². The summed E-state index contributed by atoms with van der Waals surface area (Å²) in [5.74, 6) is 0.655. The van der Waals surface area contributed by atoms with Gasteiger partial charge in [0.25, 0.3) is 0 Å². The molecule has 0 aliphatic rings. The molecule has 2 nitrogen and oxygen atoms in total. The molecule has 0 aliphatic heterocycles. The zero-order valence-electron chi connectivity index (χ0n) is 14.0. The molecule has 0 spiro atoms. The highest BCUT2D eigenvalue weighted by atomic mass is 14.6. The van der Waals surface area contributed by atoms with Gasteiger partial charge < -0.3 is 11.5 Å². The number of hydrogen-bond acceptors (Lipinski definition) is 2. The summed E-state index contributed by atoms with van der Waals surface area (Å²) in [7, 11) is 0. The van der Waals surface area contributed by atoms with Gasteiger partial charge in [0, 0.05) is 17.3 Å². The van der Waals surface area contributed by atoms with E-state index < -0.39 is 0 Å². The summed E-state index contributed by atoms with van der Waals surface area (Å²) >= 11 is 0. The summed E-state index contributed by atoms with van der Waals surface area (Å²) in [6, 6.07) is 27.0. The summed E-state index contributed by atoms with van der Waals surface area (Å²) < 4.78 is 0. The first-order valence-corrected chi connectivity index (χ1v) is 8.40. The SMILES string of the molecule is CC(CC(c1ccccc1)c1cc(N)ccc1N)c1ccccc1. The number of nitrogen functional groups attached to an aromatic ring is 2. The van der Waals surface area contributed by atoms with Crippen LogP contribution in [-0.2, 0) is 0 Å². The van der Waals surface area contributed by atoms with E-state index in [1.165, 1.54) is 11.1 Å². The van der Waals surface area contributed by atoms with Crippen LogP contribution in [0.2, 0.25) is 0 Å². The maximum atomic E-state index is 6.29. The highest BCUT2D eigenvalue weighted by Gasteiger charge is 2.20. The van der Waals surface area contributed by atoms with Gasteiger partial charge in [-0.3, -0.25) is 0 Å². The van der Waals surface area contributed by atoms with Crippen LogP contribution in [0.1, 0.15) is 41.9 Å². The molecule has 0 saturated carbocycles. The average molecular weight is 316 g/mol. The van der Waals surface area contributed by atoms with Gasteiger partial charge >= 0.3 is 0 Å². The molecule has 4 N–H and O–H groups in total. The van der Waals surface area contributed by atoms with Crippen LogP contribution >= 0.6 is 0 Å². The molecule has 0 saturated heterocycles. The lowest BCUT2D eigenvalue weighted by Crippen LogP contribution is -2.09. The fraction of sp³-hybridized carbons (Fsp3) is 0.182. The van der Waals surface area contributed by atoms with Crippen molar-refractivity contribution in [3.05, 3.63) is 95.6 Å². The Balaban J connectivity index is 1.98. The van der Waals surface area contributed by atoms with Crippen molar-refractivity contribution in [2.24, 2.45) is 0 Å². The van der Waals surface area contributed by atoms with Crippen LogP contribution < -0.4 is 11.5 Å². The van der Waals surface area contributed by atoms with Crippen molar-refractivity contribution in [1.29, 1.82) is 0 Å². The van der Waals surface area contributed by atoms with E-state index in [0.29, 0.717) is 5.92 Å². The molecular formula is C22H24N2. The minimum atomic E-state index is 0.227. The topological polar surface area (TPSA) is 52.0 Å². The molecule has 3 aromatic carbocycles. The first-order valence-electron chi connectivity index (χ1n) is 8.40. The third-order valence-electron chi connectivity index (χ3n) is 4.65. The molecule has 0 amide bonds. The Bertz CT molecular complexity index is 782. The molecular weight excluding hydrogens is 292 g/mol. The monoisotopic (exact) mass is 316 g/mol. The zero-order valence-corrected chi connectivity index (χ0v) is 14.0. The molecule has 24 heavy (non-hydrogen) atoms. The van der Waals surface area contributed by atoms with Crippen molar-refractivity contribution in [2.75, 3.05) is 11.5 Å². The Morgan fingerprint density at radius 3 is 1.96 bits per heavy atom. The van der Waals surface area contributed by atoms with Crippen molar-refractivity contribution in [3.8, 4) is 0 Å². The van der Waals surface area contributed by atoms with Crippen LogP contribution in [0.5, 0.6) is 0 Å². The van der Waals surface area contributed by atoms with E-state index in [9.17, 15) is 0 Å². The maximum Gasteiger partial charge on any atom is 0.0354 e. The third-order valence-corrected chi connectivity index (χ3v) is 4.65. The maximum absolute atomic E-state index is 6.29. The molecule has 3 rings (SSSR count). The summed E-state index contributed by atoms with van der Waals surface area (Å²) in [6.07, 6.45) is 0.988. The van der Waals surface area contributed by atoms with Gasteiger partial charge in [0.05, 0.1) is 0 Å². The molecule has 0 fully saturated rings. The Morgan fingerprint density at radius 2 is 1.33 bits per heavy atom. The van der Waals surface area contributed by atoms with E-state index in [1.54, 1.807) is 0 Å². The third kappa shape index (κ3) is 3.60. The Kier molecular flexibility index (Phi) is 4.85. The summed E-state index contributed by atoms with van der Waals surface area (Å²) in [6.45, 7) is 2.27. The van der Waals surface area contributed by atoms with Gasteiger partial charge in [-0.05, 0) is 47.2 Å². The fourth-order valence-corrected chi connectivity index (χ4v) is 3.29. The Hall–Kier alpha value is -2.74. The minimum Gasteiger partial charge on any atom is -0.399 e. The number of hydrogen-bond donors (Lipinski definition) is 2. The molecule has 122 valence electrons. The van der Waals surface area contributed by atoms with Crippen LogP contribution in [0.15, 0.2) is 78.9 Å². The van der Waals surface area contributed by atoms with Crippen molar-refractivity contribution in [2.45, 2.75) is 25.2 Å². The predicted molar refractivity (Wildman–Crippen MR) is 103 cm³/mol. The van der Waals surface area contributed by atoms with Crippen molar-refractivity contribution >= 4 is 11.4 Å². The molecule has 0 aromatic heterocycles. The molecule has 0 heterocycles. The lowest BCUT2D eigenvalue weighted by Gasteiger charge is -2.24. The van der Waals surface area contributed by atoms with Gasteiger partial charge in [-0.2, -0.15) is 0 Å². The predicted octanol–water partition coefficient (Wildman–Crippen LogP) is 5.18. The molecule has 0 bridgehead atoms. The average Bonchev–Trinajstić information content (AvgIpc) is 2.63. The first kappa shape index (κ1) is 16.1. The van der Waals surface area contributed by atoms with Gasteiger partial charge in [-0.1, -0.05) is 67.6 Å². The van der Waals surface area contributed by atoms with Gasteiger partial charge in [0.15, 0.2) is 0 Å². The van der Waals surface area contributed by atoms with E-state index in [0.717, 1.165) is 23.4 Å². The quantitative estimate of drug-likeness (QED) is 0.637. The lowest BCUT2D eigenvalue weighted by molar-refractivity contribution is 0.618. The zero-order chi connectivity index (χ0) is 16.9. The molecule has 2 atom stereocenters. The second kappa shape index (κ2) is 7.22. The van der Waals surface area contributed by atoms with Crippen LogP contribution in [0.4, 0.5) is 11.4 Å². The molecule has 2 unspecified atom stereocenters. The van der Waals surface area contributed by atoms with Crippen LogP contribution in [0, 0.1) is 0 Å². The number of benzene rings is 3. The van der Waals surface area contributed by atoms with Crippen LogP contribution in [-0.4, -0.2) is 0 Å². The molecule has 3 aromatic rings. The Morgan fingerprint density at radius 1 is 0.750 bits per heavy atom. The van der Waals surface area contributed by atoms with Crippen molar-refractivity contribution in [3.63, 3.8) is 0 Å². The van der Waals surface area contributed by atoms with Gasteiger partial charge in [0.1, 0.15) is 0 Å². The number of anilines is 2. The van der Waals surface area contributed by atoms with Gasteiger partial charge in [-0.15, -0.1) is 0 Å². The molecule has 0 radical (unpaired) electrons. The molecule has 0 aliphatic carbocycles. The standard InChI is InChI=1S/C22H24N2/c1-16(17-8-4-2-5-9-17)14-20(18-10-6-3-7-11-18)21-15-19(23)12-13-22(21)24/h2-13,15-16,20H,14,23-24H2,1H3. The van der Waals surface area contributed by atoms with E-state index in [1.807, 2.05) is 24.3 Å². The van der Waals surface area contributed by atoms with Crippen molar-refractivity contribution < 1.29 is 0 Å². The fourth-order valence-electron chi connectivity index (χ4n) is 3.29. The summed E-state index contributed by atoms with van der Waals surface area (Å²) in [5.41, 5.74) is 17.6. The second-order valence-electron chi connectivity index (χ2n) is 6.40. The van der Waals surface area contributed by atoms with E-state index in [4.69, 9.17) is 11.5 Å². The van der Waals surface area contributed by atoms with Crippen LogP contribution in [0.25, 0.3) is 0 Å². The minimum absolute atomic E-state index is 0.227. The largest absolute Gasteiger partial charge is 0.399 e. The Labute approximate surface area is 144 Å². The van der Waals surface area contributed by atoms with E-state index >= 15 is 0 Å². The summed E-state index contributed by atoms with van der Waals surface area (Å²) in [5, 5.41) is 0. The van der Waals surface area contributed by atoms with E-state index in [-0.39, 0.29) is 5.92 Å². The first-order chi connectivity index (χ1) is 11.6. The smallest absolute Gasteiger partial charge is 0.0354 e. The lowest BCUT2D eigenvalue weighted by atomic mass is 9.81. The highest BCUT2D eigenvalue weighted by molar-refractivity contribution is 5.58. The number of rotatable bonds is 5. The highest BCUT2D eigenvalue weighted by Crippen LogP contribution is 2.37. The second-order valence-corrected chi connectivity index (χ2v) is 6.40. The van der Waals surface area contributed by atoms with E-state index in [2.05, 4.69) is 61.5 Å². The molecule has 2 heteroatoms. The van der Waals surface area contributed by atoms with Gasteiger partial charge in [-0.25, -0.2) is 0 Å².